The molecule has 0 spiro atoms. The zero-order valence-corrected chi connectivity index (χ0v) is 13.5. The van der Waals surface area contributed by atoms with Crippen molar-refractivity contribution in [3.05, 3.63) is 16.6 Å². The minimum Gasteiger partial charge on any atom is -0.376 e. The molecule has 0 radical (unpaired) electrons. The van der Waals surface area contributed by atoms with Crippen molar-refractivity contribution in [2.45, 2.75) is 57.6 Å². The van der Waals surface area contributed by atoms with E-state index >= 15 is 0 Å². The summed E-state index contributed by atoms with van der Waals surface area (Å²) < 4.78 is 5.75. The van der Waals surface area contributed by atoms with Crippen LogP contribution in [-0.4, -0.2) is 41.1 Å². The number of amides is 1. The van der Waals surface area contributed by atoms with Gasteiger partial charge < -0.3 is 9.64 Å². The zero-order chi connectivity index (χ0) is 14.7. The Morgan fingerprint density at radius 1 is 1.38 bits per heavy atom. The fourth-order valence-electron chi connectivity index (χ4n) is 3.42. The van der Waals surface area contributed by atoms with Crippen molar-refractivity contribution in [2.24, 2.45) is 5.92 Å². The highest BCUT2D eigenvalue weighted by molar-refractivity contribution is 7.07. The number of nitrogens with zero attached hydrogens (tertiary/aromatic N) is 2. The molecule has 116 valence electrons. The predicted octanol–water partition coefficient (Wildman–Crippen LogP) is 3.34. The normalized spacial score (nSPS) is 29.5. The van der Waals surface area contributed by atoms with Crippen molar-refractivity contribution in [1.82, 2.24) is 9.88 Å². The number of carbonyl (C=O) groups excluding carboxylic acids is 1. The van der Waals surface area contributed by atoms with Crippen LogP contribution in [0.5, 0.6) is 0 Å². The molecule has 21 heavy (non-hydrogen) atoms. The molecule has 4 nitrogen and oxygen atoms in total. The lowest BCUT2D eigenvalue weighted by molar-refractivity contribution is 0.0338. The van der Waals surface area contributed by atoms with Gasteiger partial charge in [-0.05, 0) is 44.4 Å². The number of ether oxygens (including phenoxy) is 1. The van der Waals surface area contributed by atoms with E-state index in [1.807, 2.05) is 5.38 Å². The van der Waals surface area contributed by atoms with Crippen LogP contribution in [0.1, 0.15) is 55.9 Å². The largest absolute Gasteiger partial charge is 0.376 e. The Bertz CT molecular complexity index is 449. The van der Waals surface area contributed by atoms with Gasteiger partial charge in [0.1, 0.15) is 5.69 Å². The van der Waals surface area contributed by atoms with Crippen molar-refractivity contribution >= 4 is 17.2 Å². The molecule has 0 aromatic carbocycles. The smallest absolute Gasteiger partial charge is 0.273 e. The molecule has 2 heterocycles. The van der Waals surface area contributed by atoms with Gasteiger partial charge in [-0.15, -0.1) is 11.3 Å². The van der Waals surface area contributed by atoms with Crippen LogP contribution >= 0.6 is 11.3 Å². The number of hydrogen-bond donors (Lipinski definition) is 0. The van der Waals surface area contributed by atoms with E-state index in [9.17, 15) is 4.79 Å². The molecular weight excluding hydrogens is 284 g/mol. The van der Waals surface area contributed by atoms with E-state index in [2.05, 4.69) is 16.8 Å². The number of thiazole rings is 1. The van der Waals surface area contributed by atoms with E-state index in [1.165, 1.54) is 24.2 Å². The fourth-order valence-corrected chi connectivity index (χ4v) is 3.95. The van der Waals surface area contributed by atoms with Crippen molar-refractivity contribution < 1.29 is 9.53 Å². The average Bonchev–Trinajstić information content (AvgIpc) is 3.18. The van der Waals surface area contributed by atoms with Crippen LogP contribution < -0.4 is 0 Å². The summed E-state index contributed by atoms with van der Waals surface area (Å²) in [7, 11) is 0. The minimum atomic E-state index is 0.0892. The third-order valence-electron chi connectivity index (χ3n) is 4.76. The summed E-state index contributed by atoms with van der Waals surface area (Å²) in [5.74, 6) is 0.881. The monoisotopic (exact) mass is 308 g/mol. The van der Waals surface area contributed by atoms with E-state index in [1.54, 1.807) is 5.51 Å². The SMILES string of the molecule is CC1CCC(N(C[C@@H]2CCCO2)C(=O)c2cscn2)CC1. The molecule has 1 saturated heterocycles. The number of aromatic nitrogens is 1. The van der Waals surface area contributed by atoms with Crippen LogP contribution in [0.4, 0.5) is 0 Å². The molecule has 0 unspecified atom stereocenters. The van der Waals surface area contributed by atoms with Crippen molar-refractivity contribution in [3.8, 4) is 0 Å². The molecule has 2 aliphatic rings. The molecule has 2 fully saturated rings. The third kappa shape index (κ3) is 3.64. The summed E-state index contributed by atoms with van der Waals surface area (Å²) >= 11 is 1.49. The van der Waals surface area contributed by atoms with Gasteiger partial charge in [0.15, 0.2) is 0 Å². The van der Waals surface area contributed by atoms with E-state index in [0.29, 0.717) is 11.7 Å². The Hall–Kier alpha value is -0.940. The van der Waals surface area contributed by atoms with E-state index in [-0.39, 0.29) is 12.0 Å². The number of rotatable bonds is 4. The maximum atomic E-state index is 12.8. The van der Waals surface area contributed by atoms with Crippen molar-refractivity contribution in [2.75, 3.05) is 13.2 Å². The molecule has 0 bridgehead atoms. The summed E-state index contributed by atoms with van der Waals surface area (Å²) in [5, 5.41) is 1.86. The summed E-state index contributed by atoms with van der Waals surface area (Å²) in [5.41, 5.74) is 2.33. The minimum absolute atomic E-state index is 0.0892. The lowest BCUT2D eigenvalue weighted by Gasteiger charge is -2.37. The van der Waals surface area contributed by atoms with Gasteiger partial charge in [0, 0.05) is 24.6 Å². The summed E-state index contributed by atoms with van der Waals surface area (Å²) in [6, 6.07) is 0.361. The Morgan fingerprint density at radius 3 is 2.81 bits per heavy atom. The third-order valence-corrected chi connectivity index (χ3v) is 5.35. The van der Waals surface area contributed by atoms with Gasteiger partial charge in [-0.1, -0.05) is 6.92 Å². The first-order valence-corrected chi connectivity index (χ1v) is 8.99. The molecule has 1 amide bonds. The van der Waals surface area contributed by atoms with Gasteiger partial charge in [0.2, 0.25) is 0 Å². The summed E-state index contributed by atoms with van der Waals surface area (Å²) in [6.07, 6.45) is 7.07. The maximum absolute atomic E-state index is 12.8. The molecule has 3 rings (SSSR count). The lowest BCUT2D eigenvalue weighted by Crippen LogP contribution is -2.46. The van der Waals surface area contributed by atoms with Crippen LogP contribution in [0.3, 0.4) is 0 Å². The molecule has 1 saturated carbocycles. The van der Waals surface area contributed by atoms with Crippen LogP contribution in [0.2, 0.25) is 0 Å². The summed E-state index contributed by atoms with van der Waals surface area (Å²) in [6.45, 7) is 3.88. The second-order valence-electron chi connectivity index (χ2n) is 6.38. The Kier molecular flexibility index (Phi) is 4.91. The molecule has 1 aromatic rings. The molecule has 1 aromatic heterocycles. The molecule has 1 aliphatic carbocycles. The quantitative estimate of drug-likeness (QED) is 0.856. The highest BCUT2D eigenvalue weighted by Gasteiger charge is 2.31. The van der Waals surface area contributed by atoms with Crippen LogP contribution in [0.15, 0.2) is 10.9 Å². The zero-order valence-electron chi connectivity index (χ0n) is 12.7. The molecule has 0 N–H and O–H groups in total. The maximum Gasteiger partial charge on any atom is 0.273 e. The standard InChI is InChI=1S/C16H24N2O2S/c1-12-4-6-13(7-5-12)18(9-14-3-2-8-20-14)16(19)15-10-21-11-17-15/h10-14H,2-9H2,1H3/t12?,13?,14-/m0/s1. The highest BCUT2D eigenvalue weighted by Crippen LogP contribution is 2.29. The topological polar surface area (TPSA) is 42.4 Å². The van der Waals surface area contributed by atoms with Crippen LogP contribution in [-0.2, 0) is 4.74 Å². The Balaban J connectivity index is 1.71. The van der Waals surface area contributed by atoms with E-state index in [0.717, 1.165) is 44.8 Å². The van der Waals surface area contributed by atoms with Crippen molar-refractivity contribution in [1.29, 1.82) is 0 Å². The lowest BCUT2D eigenvalue weighted by atomic mass is 9.86. The van der Waals surface area contributed by atoms with Gasteiger partial charge in [-0.3, -0.25) is 4.79 Å². The van der Waals surface area contributed by atoms with Crippen LogP contribution in [0.25, 0.3) is 0 Å². The second-order valence-corrected chi connectivity index (χ2v) is 7.10. The number of carbonyl (C=O) groups is 1. The average molecular weight is 308 g/mol. The number of hydrogen-bond acceptors (Lipinski definition) is 4. The van der Waals surface area contributed by atoms with E-state index in [4.69, 9.17) is 4.74 Å². The van der Waals surface area contributed by atoms with Gasteiger partial charge in [0.25, 0.3) is 5.91 Å². The van der Waals surface area contributed by atoms with Gasteiger partial charge >= 0.3 is 0 Å². The van der Waals surface area contributed by atoms with E-state index < -0.39 is 0 Å². The summed E-state index contributed by atoms with van der Waals surface area (Å²) in [4.78, 5) is 19.0. The first-order chi connectivity index (χ1) is 10.2. The Labute approximate surface area is 130 Å². The van der Waals surface area contributed by atoms with Crippen molar-refractivity contribution in [3.63, 3.8) is 0 Å². The first-order valence-electron chi connectivity index (χ1n) is 8.05. The predicted molar refractivity (Wildman–Crippen MR) is 83.5 cm³/mol. The van der Waals surface area contributed by atoms with Gasteiger partial charge in [-0.2, -0.15) is 0 Å². The highest BCUT2D eigenvalue weighted by atomic mass is 32.1. The van der Waals surface area contributed by atoms with Gasteiger partial charge in [-0.25, -0.2) is 4.98 Å². The van der Waals surface area contributed by atoms with Crippen LogP contribution in [0, 0.1) is 5.92 Å². The molecule has 5 heteroatoms. The molecule has 1 atom stereocenters. The Morgan fingerprint density at radius 2 is 2.19 bits per heavy atom. The molecular formula is C16H24N2O2S. The molecule has 1 aliphatic heterocycles. The first kappa shape index (κ1) is 15.0. The second kappa shape index (κ2) is 6.88. The fraction of sp³-hybridized carbons (Fsp3) is 0.750. The van der Waals surface area contributed by atoms with Gasteiger partial charge in [0.05, 0.1) is 11.6 Å².